The van der Waals surface area contributed by atoms with Crippen LogP contribution in [0, 0.1) is 0 Å². The Kier molecular flexibility index (Phi) is 4.38. The Balaban J connectivity index is 3.30. The van der Waals surface area contributed by atoms with Crippen LogP contribution in [0.1, 0.15) is 15.9 Å². The highest BCUT2D eigenvalue weighted by Gasteiger charge is 2.33. The summed E-state index contributed by atoms with van der Waals surface area (Å²) in [5, 5.41) is 8.94. The van der Waals surface area contributed by atoms with Crippen molar-refractivity contribution < 1.29 is 32.5 Å². The average Bonchev–Trinajstić information content (AvgIpc) is 2.24. The number of aromatic carboxylic acids is 1. The second kappa shape index (κ2) is 5.42. The zero-order valence-corrected chi connectivity index (χ0v) is 10.5. The normalized spacial score (nSPS) is 11.2. The second-order valence-electron chi connectivity index (χ2n) is 2.99. The van der Waals surface area contributed by atoms with Crippen LogP contribution in [0.3, 0.4) is 0 Å². The molecule has 1 heterocycles. The smallest absolute Gasteiger partial charge is 0.480 e. The molecule has 0 spiro atoms. The van der Waals surface area contributed by atoms with E-state index in [0.717, 1.165) is 13.2 Å². The van der Waals surface area contributed by atoms with Crippen LogP contribution in [0.5, 0.6) is 11.8 Å². The summed E-state index contributed by atoms with van der Waals surface area (Å²) >= 11 is 2.97. The molecule has 1 rings (SSSR count). The van der Waals surface area contributed by atoms with Gasteiger partial charge in [0.15, 0.2) is 0 Å². The van der Waals surface area contributed by atoms with Gasteiger partial charge in [0.25, 0.3) is 0 Å². The zero-order chi connectivity index (χ0) is 13.9. The Morgan fingerprint density at radius 1 is 1.56 bits per heavy atom. The quantitative estimate of drug-likeness (QED) is 0.860. The molecule has 0 aliphatic rings. The molecule has 0 unspecified atom stereocenters. The summed E-state index contributed by atoms with van der Waals surface area (Å²) in [5.41, 5.74) is -0.252. The first kappa shape index (κ1) is 14.6. The van der Waals surface area contributed by atoms with E-state index in [1.54, 1.807) is 0 Å². The van der Waals surface area contributed by atoms with Crippen molar-refractivity contribution >= 4 is 21.9 Å². The molecule has 0 amide bonds. The molecule has 0 bridgehead atoms. The standard InChI is InChI=1S/C9H7BrF3NO4/c1-17-7-6(8(15)16)4(3-10)2-5(14-7)18-9(11,12)13/h2H,3H2,1H3,(H,15,16). The van der Waals surface area contributed by atoms with Gasteiger partial charge in [0.05, 0.1) is 7.11 Å². The number of rotatable bonds is 4. The topological polar surface area (TPSA) is 68.7 Å². The van der Waals surface area contributed by atoms with Crippen molar-refractivity contribution in [2.75, 3.05) is 7.11 Å². The van der Waals surface area contributed by atoms with Crippen LogP contribution in [-0.4, -0.2) is 29.5 Å². The van der Waals surface area contributed by atoms with Crippen LogP contribution in [0.2, 0.25) is 0 Å². The summed E-state index contributed by atoms with van der Waals surface area (Å²) < 4.78 is 44.4. The molecule has 0 saturated heterocycles. The first-order chi connectivity index (χ1) is 8.28. The van der Waals surface area contributed by atoms with Crippen molar-refractivity contribution in [3.63, 3.8) is 0 Å². The van der Waals surface area contributed by atoms with E-state index >= 15 is 0 Å². The number of halogens is 4. The highest BCUT2D eigenvalue weighted by atomic mass is 79.9. The van der Waals surface area contributed by atoms with E-state index in [1.165, 1.54) is 0 Å². The second-order valence-corrected chi connectivity index (χ2v) is 3.55. The van der Waals surface area contributed by atoms with E-state index in [2.05, 4.69) is 30.4 Å². The number of nitrogens with zero attached hydrogens (tertiary/aromatic N) is 1. The molecule has 0 aromatic carbocycles. The highest BCUT2D eigenvalue weighted by molar-refractivity contribution is 9.08. The van der Waals surface area contributed by atoms with Gasteiger partial charge >= 0.3 is 12.3 Å². The van der Waals surface area contributed by atoms with Gasteiger partial charge in [-0.25, -0.2) is 4.79 Å². The molecular formula is C9H7BrF3NO4. The lowest BCUT2D eigenvalue weighted by Gasteiger charge is -2.12. The van der Waals surface area contributed by atoms with Crippen molar-refractivity contribution in [3.8, 4) is 11.8 Å². The third-order valence-electron chi connectivity index (χ3n) is 1.82. The van der Waals surface area contributed by atoms with Crippen molar-refractivity contribution in [2.24, 2.45) is 0 Å². The molecule has 0 radical (unpaired) electrons. The highest BCUT2D eigenvalue weighted by Crippen LogP contribution is 2.29. The summed E-state index contributed by atoms with van der Waals surface area (Å²) in [6.07, 6.45) is -4.91. The Morgan fingerprint density at radius 3 is 2.56 bits per heavy atom. The fourth-order valence-electron chi connectivity index (χ4n) is 1.20. The van der Waals surface area contributed by atoms with Gasteiger partial charge in [-0.2, -0.15) is 4.98 Å². The molecule has 0 atom stereocenters. The summed E-state index contributed by atoms with van der Waals surface area (Å²) in [6, 6.07) is 0.883. The summed E-state index contributed by atoms with van der Waals surface area (Å²) in [5.74, 6) is -2.58. The molecule has 0 fully saturated rings. The SMILES string of the molecule is COc1nc(OC(F)(F)F)cc(CBr)c1C(=O)O. The Labute approximate surface area is 108 Å². The molecule has 18 heavy (non-hydrogen) atoms. The average molecular weight is 330 g/mol. The summed E-state index contributed by atoms with van der Waals surface area (Å²) in [4.78, 5) is 14.3. The number of hydrogen-bond acceptors (Lipinski definition) is 4. The molecule has 5 nitrogen and oxygen atoms in total. The predicted molar refractivity (Wildman–Crippen MR) is 57.1 cm³/mol. The fraction of sp³-hybridized carbons (Fsp3) is 0.333. The van der Waals surface area contributed by atoms with Gasteiger partial charge in [0, 0.05) is 11.4 Å². The maximum Gasteiger partial charge on any atom is 0.574 e. The Hall–Kier alpha value is -1.51. The van der Waals surface area contributed by atoms with E-state index in [0.29, 0.717) is 0 Å². The molecule has 1 aromatic rings. The number of aromatic nitrogens is 1. The van der Waals surface area contributed by atoms with Crippen molar-refractivity contribution in [3.05, 3.63) is 17.2 Å². The van der Waals surface area contributed by atoms with Gasteiger partial charge in [-0.15, -0.1) is 13.2 Å². The van der Waals surface area contributed by atoms with E-state index < -0.39 is 24.1 Å². The van der Waals surface area contributed by atoms with Gasteiger partial charge in [-0.1, -0.05) is 15.9 Å². The molecule has 0 saturated carbocycles. The van der Waals surface area contributed by atoms with Crippen molar-refractivity contribution in [2.45, 2.75) is 11.7 Å². The molecule has 1 N–H and O–H groups in total. The number of hydrogen-bond donors (Lipinski definition) is 1. The van der Waals surface area contributed by atoms with Crippen LogP contribution >= 0.6 is 15.9 Å². The number of alkyl halides is 4. The maximum absolute atomic E-state index is 12.0. The van der Waals surface area contributed by atoms with Crippen molar-refractivity contribution in [1.82, 2.24) is 4.98 Å². The summed E-state index contributed by atoms with van der Waals surface area (Å²) in [7, 11) is 1.10. The lowest BCUT2D eigenvalue weighted by atomic mass is 10.1. The van der Waals surface area contributed by atoms with Crippen LogP contribution < -0.4 is 9.47 Å². The van der Waals surface area contributed by atoms with E-state index in [4.69, 9.17) is 5.11 Å². The summed E-state index contributed by atoms with van der Waals surface area (Å²) in [6.45, 7) is 0. The predicted octanol–water partition coefficient (Wildman–Crippen LogP) is 2.58. The van der Waals surface area contributed by atoms with Gasteiger partial charge in [0.1, 0.15) is 5.56 Å². The maximum atomic E-state index is 12.0. The third kappa shape index (κ3) is 3.49. The fourth-order valence-corrected chi connectivity index (χ4v) is 1.64. The first-order valence-electron chi connectivity index (χ1n) is 4.41. The van der Waals surface area contributed by atoms with Gasteiger partial charge in [0.2, 0.25) is 11.8 Å². The van der Waals surface area contributed by atoms with Gasteiger partial charge < -0.3 is 14.6 Å². The van der Waals surface area contributed by atoms with E-state index in [1.807, 2.05) is 0 Å². The number of ether oxygens (including phenoxy) is 2. The van der Waals surface area contributed by atoms with Gasteiger partial charge in [-0.3, -0.25) is 0 Å². The number of carboxylic acids is 1. The number of carbonyl (C=O) groups is 1. The largest absolute Gasteiger partial charge is 0.574 e. The lowest BCUT2D eigenvalue weighted by Crippen LogP contribution is -2.19. The number of carboxylic acid groups (broad SMARTS) is 1. The number of methoxy groups -OCH3 is 1. The molecule has 9 heteroatoms. The molecule has 0 aliphatic carbocycles. The van der Waals surface area contributed by atoms with Crippen LogP contribution in [0.15, 0.2) is 6.07 Å². The molecule has 100 valence electrons. The minimum Gasteiger partial charge on any atom is -0.480 e. The Bertz CT molecular complexity index is 439. The molecule has 0 aliphatic heterocycles. The monoisotopic (exact) mass is 329 g/mol. The minimum absolute atomic E-state index is 0.0156. The van der Waals surface area contributed by atoms with Crippen LogP contribution in [0.4, 0.5) is 13.2 Å². The van der Waals surface area contributed by atoms with Crippen LogP contribution in [0.25, 0.3) is 0 Å². The first-order valence-corrected chi connectivity index (χ1v) is 5.53. The van der Waals surface area contributed by atoms with Gasteiger partial charge in [-0.05, 0) is 5.56 Å². The third-order valence-corrected chi connectivity index (χ3v) is 2.42. The number of pyridine rings is 1. The zero-order valence-electron chi connectivity index (χ0n) is 8.92. The van der Waals surface area contributed by atoms with E-state index in [-0.39, 0.29) is 16.5 Å². The Morgan fingerprint density at radius 2 is 2.17 bits per heavy atom. The molecular weight excluding hydrogens is 323 g/mol. The lowest BCUT2D eigenvalue weighted by molar-refractivity contribution is -0.276. The van der Waals surface area contributed by atoms with E-state index in [9.17, 15) is 18.0 Å². The van der Waals surface area contributed by atoms with Crippen molar-refractivity contribution in [1.29, 1.82) is 0 Å². The minimum atomic E-state index is -4.91. The van der Waals surface area contributed by atoms with Crippen LogP contribution in [-0.2, 0) is 5.33 Å². The molecule has 1 aromatic heterocycles.